The molecule has 0 saturated heterocycles. The molecule has 0 fully saturated rings. The molecule has 0 aromatic heterocycles. The molecular formula is C16H9Cl3N2O3. The summed E-state index contributed by atoms with van der Waals surface area (Å²) in [7, 11) is 0. The minimum Gasteiger partial charge on any atom is -0.452 e. The molecule has 122 valence electrons. The highest BCUT2D eigenvalue weighted by molar-refractivity contribution is 6.36. The predicted molar refractivity (Wildman–Crippen MR) is 91.5 cm³/mol. The highest BCUT2D eigenvalue weighted by atomic mass is 35.5. The highest BCUT2D eigenvalue weighted by Gasteiger charge is 2.15. The maximum absolute atomic E-state index is 11.9. The Morgan fingerprint density at radius 3 is 2.42 bits per heavy atom. The molecule has 2 aromatic carbocycles. The Labute approximate surface area is 152 Å². The summed E-state index contributed by atoms with van der Waals surface area (Å²) in [4.78, 5) is 23.8. The first kappa shape index (κ1) is 18.1. The number of nitrogens with zero attached hydrogens (tertiary/aromatic N) is 1. The number of hydrogen-bond acceptors (Lipinski definition) is 4. The molecule has 0 bridgehead atoms. The number of anilines is 1. The number of rotatable bonds is 4. The van der Waals surface area contributed by atoms with Gasteiger partial charge in [0.05, 0.1) is 21.8 Å². The summed E-state index contributed by atoms with van der Waals surface area (Å²) in [5.41, 5.74) is 0.560. The van der Waals surface area contributed by atoms with Gasteiger partial charge in [0.25, 0.3) is 5.91 Å². The number of ether oxygens (including phenoxy) is 1. The number of benzene rings is 2. The van der Waals surface area contributed by atoms with Crippen molar-refractivity contribution in [1.29, 1.82) is 5.26 Å². The largest absolute Gasteiger partial charge is 0.452 e. The van der Waals surface area contributed by atoms with Gasteiger partial charge in [-0.25, -0.2) is 4.79 Å². The number of halogens is 3. The quantitative estimate of drug-likeness (QED) is 0.798. The van der Waals surface area contributed by atoms with Gasteiger partial charge in [-0.15, -0.1) is 0 Å². The maximum atomic E-state index is 11.9. The van der Waals surface area contributed by atoms with Gasteiger partial charge in [-0.3, -0.25) is 4.79 Å². The van der Waals surface area contributed by atoms with Crippen LogP contribution in [0.15, 0.2) is 36.4 Å². The summed E-state index contributed by atoms with van der Waals surface area (Å²) in [6, 6.07) is 10.6. The highest BCUT2D eigenvalue weighted by Crippen LogP contribution is 2.22. The third-order valence-corrected chi connectivity index (χ3v) is 3.64. The van der Waals surface area contributed by atoms with E-state index in [-0.39, 0.29) is 21.8 Å². The molecule has 2 rings (SSSR count). The molecule has 0 aliphatic rings. The number of carbonyl (C=O) groups excluding carboxylic acids is 2. The molecule has 0 spiro atoms. The standard InChI is InChI=1S/C16H9Cl3N2O3/c17-10-3-4-12(13(19)5-10)16(23)24-8-15(22)21-14-6-11(18)2-1-9(14)7-20/h1-6H,8H2,(H,21,22). The van der Waals surface area contributed by atoms with Crippen molar-refractivity contribution >= 4 is 52.4 Å². The molecule has 8 heteroatoms. The fourth-order valence-corrected chi connectivity index (χ4v) is 2.43. The molecule has 0 heterocycles. The lowest BCUT2D eigenvalue weighted by Gasteiger charge is -2.09. The van der Waals surface area contributed by atoms with Crippen molar-refractivity contribution in [3.05, 3.63) is 62.6 Å². The first-order valence-corrected chi connectivity index (χ1v) is 7.66. The van der Waals surface area contributed by atoms with E-state index in [2.05, 4.69) is 5.32 Å². The van der Waals surface area contributed by atoms with Crippen molar-refractivity contribution in [2.45, 2.75) is 0 Å². The van der Waals surface area contributed by atoms with Crippen LogP contribution in [0.4, 0.5) is 5.69 Å². The number of amides is 1. The Morgan fingerprint density at radius 1 is 1.08 bits per heavy atom. The monoisotopic (exact) mass is 382 g/mol. The Bertz CT molecular complexity index is 847. The summed E-state index contributed by atoms with van der Waals surface area (Å²) in [5.74, 6) is -1.38. The molecule has 0 saturated carbocycles. The van der Waals surface area contributed by atoms with Crippen molar-refractivity contribution in [1.82, 2.24) is 0 Å². The zero-order valence-electron chi connectivity index (χ0n) is 12.0. The lowest BCUT2D eigenvalue weighted by molar-refractivity contribution is -0.119. The van der Waals surface area contributed by atoms with Crippen LogP contribution in [0.1, 0.15) is 15.9 Å². The van der Waals surface area contributed by atoms with Gasteiger partial charge in [0.15, 0.2) is 6.61 Å². The Balaban J connectivity index is 2.00. The van der Waals surface area contributed by atoms with Gasteiger partial charge in [0, 0.05) is 10.0 Å². The van der Waals surface area contributed by atoms with Gasteiger partial charge in [0.2, 0.25) is 0 Å². The molecule has 0 aliphatic heterocycles. The van der Waals surface area contributed by atoms with Crippen LogP contribution < -0.4 is 5.32 Å². The number of nitriles is 1. The number of hydrogen-bond donors (Lipinski definition) is 1. The van der Waals surface area contributed by atoms with Crippen LogP contribution in [0.2, 0.25) is 15.1 Å². The number of carbonyl (C=O) groups is 2. The lowest BCUT2D eigenvalue weighted by Crippen LogP contribution is -2.21. The van der Waals surface area contributed by atoms with Crippen LogP contribution in [0.25, 0.3) is 0 Å². The van der Waals surface area contributed by atoms with Crippen molar-refractivity contribution < 1.29 is 14.3 Å². The summed E-state index contributed by atoms with van der Waals surface area (Å²) < 4.78 is 4.89. The van der Waals surface area contributed by atoms with E-state index in [0.717, 1.165) is 0 Å². The van der Waals surface area contributed by atoms with Crippen LogP contribution in [0.5, 0.6) is 0 Å². The van der Waals surface area contributed by atoms with E-state index in [4.69, 9.17) is 44.8 Å². The second-order valence-corrected chi connectivity index (χ2v) is 5.83. The topological polar surface area (TPSA) is 79.2 Å². The molecule has 0 radical (unpaired) electrons. The fourth-order valence-electron chi connectivity index (χ4n) is 1.77. The van der Waals surface area contributed by atoms with Gasteiger partial charge in [0.1, 0.15) is 6.07 Å². The van der Waals surface area contributed by atoms with Crippen molar-refractivity contribution in [2.24, 2.45) is 0 Å². The molecule has 0 atom stereocenters. The van der Waals surface area contributed by atoms with E-state index in [1.807, 2.05) is 6.07 Å². The van der Waals surface area contributed by atoms with E-state index in [0.29, 0.717) is 10.0 Å². The Hall–Kier alpha value is -2.26. The minimum atomic E-state index is -0.765. The van der Waals surface area contributed by atoms with Gasteiger partial charge < -0.3 is 10.1 Å². The van der Waals surface area contributed by atoms with Crippen molar-refractivity contribution in [3.8, 4) is 6.07 Å². The zero-order chi connectivity index (χ0) is 17.7. The average Bonchev–Trinajstić information content (AvgIpc) is 2.53. The summed E-state index contributed by atoms with van der Waals surface area (Å²) >= 11 is 17.5. The fraction of sp³-hybridized carbons (Fsp3) is 0.0625. The van der Waals surface area contributed by atoms with Gasteiger partial charge in [-0.1, -0.05) is 34.8 Å². The second-order valence-electron chi connectivity index (χ2n) is 4.55. The third-order valence-electron chi connectivity index (χ3n) is 2.86. The molecule has 24 heavy (non-hydrogen) atoms. The van der Waals surface area contributed by atoms with Crippen LogP contribution in [0.3, 0.4) is 0 Å². The predicted octanol–water partition coefficient (Wildman–Crippen LogP) is 4.31. The van der Waals surface area contributed by atoms with Crippen molar-refractivity contribution in [2.75, 3.05) is 11.9 Å². The first-order chi connectivity index (χ1) is 11.4. The molecular weight excluding hydrogens is 375 g/mol. The average molecular weight is 384 g/mol. The van der Waals surface area contributed by atoms with E-state index in [9.17, 15) is 9.59 Å². The minimum absolute atomic E-state index is 0.0920. The molecule has 2 aromatic rings. The normalized spacial score (nSPS) is 9.92. The summed E-state index contributed by atoms with van der Waals surface area (Å²) in [6.07, 6.45) is 0. The zero-order valence-corrected chi connectivity index (χ0v) is 14.2. The van der Waals surface area contributed by atoms with E-state index in [1.54, 1.807) is 0 Å². The van der Waals surface area contributed by atoms with Crippen LogP contribution in [-0.4, -0.2) is 18.5 Å². The third kappa shape index (κ3) is 4.62. The smallest absolute Gasteiger partial charge is 0.340 e. The maximum Gasteiger partial charge on any atom is 0.340 e. The Kier molecular flexibility index (Phi) is 6.04. The summed E-state index contributed by atoms with van der Waals surface area (Å²) in [6.45, 7) is -0.546. The first-order valence-electron chi connectivity index (χ1n) is 6.52. The Morgan fingerprint density at radius 2 is 1.75 bits per heavy atom. The molecule has 0 unspecified atom stereocenters. The van der Waals surface area contributed by atoms with Crippen LogP contribution >= 0.6 is 34.8 Å². The molecule has 1 amide bonds. The SMILES string of the molecule is N#Cc1ccc(Cl)cc1NC(=O)COC(=O)c1ccc(Cl)cc1Cl. The van der Waals surface area contributed by atoms with Crippen LogP contribution in [-0.2, 0) is 9.53 Å². The van der Waals surface area contributed by atoms with E-state index in [1.165, 1.54) is 36.4 Å². The van der Waals surface area contributed by atoms with E-state index < -0.39 is 18.5 Å². The van der Waals surface area contributed by atoms with Gasteiger partial charge in [-0.05, 0) is 36.4 Å². The second kappa shape index (κ2) is 8.02. The van der Waals surface area contributed by atoms with Crippen molar-refractivity contribution in [3.63, 3.8) is 0 Å². The van der Waals surface area contributed by atoms with Crippen LogP contribution in [0, 0.1) is 11.3 Å². The lowest BCUT2D eigenvalue weighted by atomic mass is 10.2. The van der Waals surface area contributed by atoms with E-state index >= 15 is 0 Å². The van der Waals surface area contributed by atoms with Gasteiger partial charge >= 0.3 is 5.97 Å². The summed E-state index contributed by atoms with van der Waals surface area (Å²) in [5, 5.41) is 12.3. The molecule has 5 nitrogen and oxygen atoms in total. The number of nitrogens with one attached hydrogen (secondary N) is 1. The van der Waals surface area contributed by atoms with Gasteiger partial charge in [-0.2, -0.15) is 5.26 Å². The molecule has 0 aliphatic carbocycles. The molecule has 1 N–H and O–H groups in total. The number of esters is 1.